The molecule has 31 heavy (non-hydrogen) atoms. The van der Waals surface area contributed by atoms with Crippen LogP contribution in [0.5, 0.6) is 0 Å². The van der Waals surface area contributed by atoms with Crippen molar-refractivity contribution in [3.05, 3.63) is 58.0 Å². The van der Waals surface area contributed by atoms with E-state index in [0.717, 1.165) is 19.5 Å². The second-order valence-electron chi connectivity index (χ2n) is 8.38. The van der Waals surface area contributed by atoms with Gasteiger partial charge in [0.15, 0.2) is 0 Å². The Morgan fingerprint density at radius 2 is 1.90 bits per heavy atom. The van der Waals surface area contributed by atoms with Gasteiger partial charge in [0.05, 0.1) is 23.0 Å². The van der Waals surface area contributed by atoms with Crippen LogP contribution in [0.1, 0.15) is 37.0 Å². The summed E-state index contributed by atoms with van der Waals surface area (Å²) in [5.41, 5.74) is 0.848. The molecule has 1 aliphatic heterocycles. The van der Waals surface area contributed by atoms with Crippen molar-refractivity contribution < 1.29 is 9.59 Å². The fraction of sp³-hybridized carbons (Fsp3) is 0.391. The topological polar surface area (TPSA) is 84.3 Å². The highest BCUT2D eigenvalue weighted by molar-refractivity contribution is 7.16. The largest absolute Gasteiger partial charge is 0.338 e. The van der Waals surface area contributed by atoms with E-state index in [9.17, 15) is 14.4 Å². The molecular formula is C23H26N4O3S. The molecule has 0 spiro atoms. The summed E-state index contributed by atoms with van der Waals surface area (Å²) in [7, 11) is 0. The number of para-hydroxylation sites is 1. The van der Waals surface area contributed by atoms with E-state index in [2.05, 4.69) is 24.1 Å². The second kappa shape index (κ2) is 9.01. The molecule has 3 aromatic rings. The molecule has 162 valence electrons. The monoisotopic (exact) mass is 438 g/mol. The standard InChI is InChI=1S/C23H26N4O3S/c1-15-11-16(2)13-27(12-15)22(29)17-5-3-4-6-19(17)25-20(28)7-9-26-14-24-21-18(23(26)30)8-10-31-21/h3-6,8,10,14-16H,7,9,11-13H2,1-2H3,(H,25,28). The molecule has 0 saturated carbocycles. The van der Waals surface area contributed by atoms with Gasteiger partial charge in [-0.1, -0.05) is 26.0 Å². The number of amides is 2. The van der Waals surface area contributed by atoms with Crippen molar-refractivity contribution >= 4 is 39.1 Å². The first kappa shape index (κ1) is 21.2. The molecule has 1 aliphatic rings. The molecular weight excluding hydrogens is 412 g/mol. The number of carbonyl (C=O) groups is 2. The number of rotatable bonds is 5. The van der Waals surface area contributed by atoms with E-state index in [1.807, 2.05) is 10.3 Å². The lowest BCUT2D eigenvalue weighted by atomic mass is 9.91. The summed E-state index contributed by atoms with van der Waals surface area (Å²) in [5.74, 6) is 0.611. The lowest BCUT2D eigenvalue weighted by molar-refractivity contribution is -0.116. The van der Waals surface area contributed by atoms with Crippen LogP contribution in [0.15, 0.2) is 46.8 Å². The quantitative estimate of drug-likeness (QED) is 0.660. The van der Waals surface area contributed by atoms with Crippen LogP contribution in [0.2, 0.25) is 0 Å². The highest BCUT2D eigenvalue weighted by Crippen LogP contribution is 2.25. The lowest BCUT2D eigenvalue weighted by Gasteiger charge is -2.35. The van der Waals surface area contributed by atoms with Crippen molar-refractivity contribution in [3.8, 4) is 0 Å². The summed E-state index contributed by atoms with van der Waals surface area (Å²) < 4.78 is 1.45. The van der Waals surface area contributed by atoms with Crippen molar-refractivity contribution in [1.29, 1.82) is 0 Å². The first-order valence-electron chi connectivity index (χ1n) is 10.5. The van der Waals surface area contributed by atoms with Crippen LogP contribution in [0.3, 0.4) is 0 Å². The average Bonchev–Trinajstić information content (AvgIpc) is 3.22. The number of thiophene rings is 1. The van der Waals surface area contributed by atoms with Crippen molar-refractivity contribution in [2.45, 2.75) is 33.2 Å². The number of likely N-dealkylation sites (tertiary alicyclic amines) is 1. The van der Waals surface area contributed by atoms with Gasteiger partial charge in [0.2, 0.25) is 5.91 Å². The van der Waals surface area contributed by atoms with Gasteiger partial charge in [0.1, 0.15) is 4.83 Å². The normalized spacial score (nSPS) is 18.8. The number of carbonyl (C=O) groups excluding carboxylic acids is 2. The summed E-state index contributed by atoms with van der Waals surface area (Å²) in [5, 5.41) is 5.25. The number of anilines is 1. The van der Waals surface area contributed by atoms with E-state index in [4.69, 9.17) is 0 Å². The van der Waals surface area contributed by atoms with Gasteiger partial charge in [-0.15, -0.1) is 11.3 Å². The molecule has 7 nitrogen and oxygen atoms in total. The van der Waals surface area contributed by atoms with E-state index in [0.29, 0.717) is 33.3 Å². The van der Waals surface area contributed by atoms with Crippen LogP contribution < -0.4 is 10.9 Å². The van der Waals surface area contributed by atoms with Gasteiger partial charge >= 0.3 is 0 Å². The molecule has 2 unspecified atom stereocenters. The van der Waals surface area contributed by atoms with Crippen LogP contribution in [0.4, 0.5) is 5.69 Å². The van der Waals surface area contributed by atoms with E-state index in [1.54, 1.807) is 30.3 Å². The zero-order valence-electron chi connectivity index (χ0n) is 17.7. The third-order valence-electron chi connectivity index (χ3n) is 5.62. The lowest BCUT2D eigenvalue weighted by Crippen LogP contribution is -2.42. The van der Waals surface area contributed by atoms with Crippen LogP contribution in [0, 0.1) is 11.8 Å². The fourth-order valence-corrected chi connectivity index (χ4v) is 4.99. The Balaban J connectivity index is 1.44. The maximum atomic E-state index is 13.1. The van der Waals surface area contributed by atoms with Crippen LogP contribution >= 0.6 is 11.3 Å². The smallest absolute Gasteiger partial charge is 0.262 e. The summed E-state index contributed by atoms with van der Waals surface area (Å²) in [6.07, 6.45) is 2.70. The predicted molar refractivity (Wildman–Crippen MR) is 122 cm³/mol. The Bertz CT molecular complexity index is 1160. The molecule has 3 heterocycles. The molecule has 1 N–H and O–H groups in total. The molecule has 1 saturated heterocycles. The van der Waals surface area contributed by atoms with Crippen LogP contribution in [-0.2, 0) is 11.3 Å². The Hall–Kier alpha value is -3.00. The van der Waals surface area contributed by atoms with Gasteiger partial charge in [0.25, 0.3) is 11.5 Å². The average molecular weight is 439 g/mol. The molecule has 4 rings (SSSR count). The molecule has 0 aliphatic carbocycles. The minimum atomic E-state index is -0.252. The number of benzene rings is 1. The van der Waals surface area contributed by atoms with Gasteiger partial charge in [-0.05, 0) is 41.8 Å². The minimum absolute atomic E-state index is 0.0578. The first-order chi connectivity index (χ1) is 14.9. The number of hydrogen-bond acceptors (Lipinski definition) is 5. The Kier molecular flexibility index (Phi) is 6.18. The van der Waals surface area contributed by atoms with Gasteiger partial charge in [-0.25, -0.2) is 4.98 Å². The molecule has 1 aromatic carbocycles. The van der Waals surface area contributed by atoms with Crippen LogP contribution in [0.25, 0.3) is 10.2 Å². The first-order valence-corrected chi connectivity index (χ1v) is 11.4. The summed E-state index contributed by atoms with van der Waals surface area (Å²) in [6, 6.07) is 8.84. The number of fused-ring (bicyclic) bond motifs is 1. The fourth-order valence-electron chi connectivity index (χ4n) is 4.27. The summed E-state index contributed by atoms with van der Waals surface area (Å²) in [6.45, 7) is 6.00. The Labute approximate surface area is 184 Å². The number of nitrogens with zero attached hydrogens (tertiary/aromatic N) is 3. The molecule has 1 fully saturated rings. The van der Waals surface area contributed by atoms with Gasteiger partial charge < -0.3 is 10.2 Å². The van der Waals surface area contributed by atoms with Gasteiger partial charge in [-0.3, -0.25) is 19.0 Å². The predicted octanol–water partition coefficient (Wildman–Crippen LogP) is 3.60. The highest BCUT2D eigenvalue weighted by atomic mass is 32.1. The highest BCUT2D eigenvalue weighted by Gasteiger charge is 2.27. The van der Waals surface area contributed by atoms with Crippen molar-refractivity contribution in [2.24, 2.45) is 11.8 Å². The van der Waals surface area contributed by atoms with Crippen molar-refractivity contribution in [2.75, 3.05) is 18.4 Å². The van der Waals surface area contributed by atoms with E-state index >= 15 is 0 Å². The Morgan fingerprint density at radius 3 is 2.68 bits per heavy atom. The minimum Gasteiger partial charge on any atom is -0.338 e. The maximum absolute atomic E-state index is 13.1. The molecule has 2 atom stereocenters. The van der Waals surface area contributed by atoms with E-state index < -0.39 is 0 Å². The third-order valence-corrected chi connectivity index (χ3v) is 6.44. The Morgan fingerprint density at radius 1 is 1.16 bits per heavy atom. The number of hydrogen-bond donors (Lipinski definition) is 1. The van der Waals surface area contributed by atoms with E-state index in [1.165, 1.54) is 22.2 Å². The van der Waals surface area contributed by atoms with Gasteiger partial charge in [-0.2, -0.15) is 0 Å². The molecule has 8 heteroatoms. The maximum Gasteiger partial charge on any atom is 0.262 e. The van der Waals surface area contributed by atoms with Crippen molar-refractivity contribution in [1.82, 2.24) is 14.5 Å². The molecule has 0 bridgehead atoms. The van der Waals surface area contributed by atoms with Crippen molar-refractivity contribution in [3.63, 3.8) is 0 Å². The zero-order valence-corrected chi connectivity index (χ0v) is 18.5. The SMILES string of the molecule is CC1CC(C)CN(C(=O)c2ccccc2NC(=O)CCn2cnc3sccc3c2=O)C1. The second-order valence-corrected chi connectivity index (χ2v) is 9.28. The molecule has 2 amide bonds. The third kappa shape index (κ3) is 4.69. The van der Waals surface area contributed by atoms with Gasteiger partial charge in [0, 0.05) is 26.1 Å². The molecule has 0 radical (unpaired) electrons. The number of aromatic nitrogens is 2. The summed E-state index contributed by atoms with van der Waals surface area (Å²) >= 11 is 1.41. The van der Waals surface area contributed by atoms with Crippen LogP contribution in [-0.4, -0.2) is 39.4 Å². The summed E-state index contributed by atoms with van der Waals surface area (Å²) in [4.78, 5) is 45.1. The number of piperidine rings is 1. The van der Waals surface area contributed by atoms with E-state index in [-0.39, 0.29) is 30.3 Å². The number of nitrogens with one attached hydrogen (secondary N) is 1. The number of aryl methyl sites for hydroxylation is 1. The molecule has 2 aromatic heterocycles. The zero-order chi connectivity index (χ0) is 22.0.